The van der Waals surface area contributed by atoms with E-state index in [1.165, 1.54) is 51.4 Å². The van der Waals surface area contributed by atoms with Crippen molar-refractivity contribution in [2.45, 2.75) is 256 Å². The first-order valence-corrected chi connectivity index (χ1v) is 28.0. The summed E-state index contributed by atoms with van der Waals surface area (Å²) in [6.45, 7) is 0. The molecule has 0 heterocycles. The first-order valence-electron chi connectivity index (χ1n) is 28.0. The second-order valence-electron chi connectivity index (χ2n) is 25.1. The van der Waals surface area contributed by atoms with Crippen LogP contribution in [0, 0.1) is 94.7 Å². The van der Waals surface area contributed by atoms with Gasteiger partial charge in [0.1, 0.15) is 0 Å². The molecule has 57 heavy (non-hydrogen) atoms. The first-order chi connectivity index (χ1) is 28.2. The average molecular weight is 780 g/mol. The van der Waals surface area contributed by atoms with Crippen LogP contribution in [0.1, 0.15) is 238 Å². The van der Waals surface area contributed by atoms with Crippen LogP contribution in [0.25, 0.3) is 0 Å². The monoisotopic (exact) mass is 780 g/mol. The Morgan fingerprint density at radius 2 is 0.596 bits per heavy atom. The molecule has 11 aliphatic carbocycles. The average Bonchev–Trinajstić information content (AvgIpc) is 3.90. The summed E-state index contributed by atoms with van der Waals surface area (Å²) in [4.78, 5) is 3.30. The van der Waals surface area contributed by atoms with Crippen LogP contribution in [0.5, 0.6) is 0 Å². The van der Waals surface area contributed by atoms with Gasteiger partial charge >= 0.3 is 0 Å². The second kappa shape index (κ2) is 18.0. The molecule has 0 aromatic rings. The summed E-state index contributed by atoms with van der Waals surface area (Å²) in [6, 6.07) is 2.81. The Labute approximate surface area is 354 Å². The summed E-state index contributed by atoms with van der Waals surface area (Å²) in [7, 11) is 0. The fourth-order valence-corrected chi connectivity index (χ4v) is 20.4. The van der Waals surface area contributed by atoms with E-state index in [1.807, 2.05) is 0 Å². The van der Waals surface area contributed by atoms with Gasteiger partial charge in [0.2, 0.25) is 0 Å². The summed E-state index contributed by atoms with van der Waals surface area (Å²) in [5.74, 6) is 17.9. The Kier molecular flexibility index (Phi) is 12.5. The van der Waals surface area contributed by atoms with Crippen LogP contribution < -0.4 is 0 Å². The van der Waals surface area contributed by atoms with E-state index < -0.39 is 0 Å². The van der Waals surface area contributed by atoms with Gasteiger partial charge in [-0.15, -0.1) is 0 Å². The number of rotatable bonds is 7. The highest BCUT2D eigenvalue weighted by Gasteiger charge is 2.57. The lowest BCUT2D eigenvalue weighted by molar-refractivity contribution is -0.0332. The van der Waals surface area contributed by atoms with Crippen molar-refractivity contribution in [3.05, 3.63) is 0 Å². The molecular formula is C56H93N. The van der Waals surface area contributed by atoms with Gasteiger partial charge in [-0.05, 0) is 236 Å². The third kappa shape index (κ3) is 8.20. The summed E-state index contributed by atoms with van der Waals surface area (Å²) in [5, 5.41) is 0. The quantitative estimate of drug-likeness (QED) is 0.249. The van der Waals surface area contributed by atoms with Crippen LogP contribution in [-0.2, 0) is 0 Å². The number of nitrogens with zero attached hydrogens (tertiary/aromatic N) is 1. The zero-order chi connectivity index (χ0) is 37.7. The Balaban J connectivity index is 0.715. The van der Waals surface area contributed by atoms with Crippen molar-refractivity contribution >= 4 is 0 Å². The van der Waals surface area contributed by atoms with Crippen LogP contribution in [0.4, 0.5) is 0 Å². The van der Waals surface area contributed by atoms with Crippen molar-refractivity contribution in [1.82, 2.24) is 4.90 Å². The molecule has 0 amide bonds. The molecule has 0 aliphatic heterocycles. The minimum atomic E-state index is 0.933. The summed E-state index contributed by atoms with van der Waals surface area (Å²) < 4.78 is 0. The van der Waals surface area contributed by atoms with E-state index in [4.69, 9.17) is 0 Å². The lowest BCUT2D eigenvalue weighted by atomic mass is 9.53. The van der Waals surface area contributed by atoms with Crippen LogP contribution >= 0.6 is 0 Å². The molecule has 0 aromatic carbocycles. The van der Waals surface area contributed by atoms with Crippen molar-refractivity contribution in [3.63, 3.8) is 0 Å². The Hall–Kier alpha value is -0.0400. The molecule has 0 N–H and O–H groups in total. The molecule has 11 saturated carbocycles. The minimum Gasteiger partial charge on any atom is -0.294 e. The molecule has 1 nitrogen and oxygen atoms in total. The largest absolute Gasteiger partial charge is 0.294 e. The fraction of sp³-hybridized carbons (Fsp3) is 1.00. The third-order valence-corrected chi connectivity index (χ3v) is 22.9. The van der Waals surface area contributed by atoms with Crippen LogP contribution in [0.2, 0.25) is 0 Å². The minimum absolute atomic E-state index is 0.933. The molecule has 0 aromatic heterocycles. The molecule has 0 bridgehead atoms. The molecule has 1 heteroatoms. The number of hydrogen-bond donors (Lipinski definition) is 0. The molecule has 11 rings (SSSR count). The molecule has 10 unspecified atom stereocenters. The van der Waals surface area contributed by atoms with E-state index in [1.54, 1.807) is 186 Å². The van der Waals surface area contributed by atoms with Crippen LogP contribution in [-0.4, -0.2) is 23.0 Å². The van der Waals surface area contributed by atoms with Crippen molar-refractivity contribution < 1.29 is 0 Å². The zero-order valence-electron chi connectivity index (χ0n) is 37.6. The highest BCUT2D eigenvalue weighted by molar-refractivity contribution is 5.06. The molecule has 0 radical (unpaired) electrons. The SMILES string of the molecule is C1CCC(C2CCC(N(C3CCCCC3)C3CCC(C4CCC5C(C4)CC4C6CCCCC6CC(C6CCC(C7CC8CCCCC8C7)CC6)C54)CC3)CC2)CC1. The molecule has 10 atom stereocenters. The molecule has 0 saturated heterocycles. The zero-order valence-corrected chi connectivity index (χ0v) is 37.6. The summed E-state index contributed by atoms with van der Waals surface area (Å²) in [5.41, 5.74) is 0. The van der Waals surface area contributed by atoms with Gasteiger partial charge in [0.25, 0.3) is 0 Å². The van der Waals surface area contributed by atoms with E-state index >= 15 is 0 Å². The molecular weight excluding hydrogens is 687 g/mol. The van der Waals surface area contributed by atoms with Gasteiger partial charge in [-0.2, -0.15) is 0 Å². The maximum atomic E-state index is 3.30. The van der Waals surface area contributed by atoms with E-state index in [9.17, 15) is 0 Å². The van der Waals surface area contributed by atoms with Crippen LogP contribution in [0.3, 0.4) is 0 Å². The first kappa shape index (κ1) is 39.8. The van der Waals surface area contributed by atoms with Gasteiger partial charge in [0, 0.05) is 18.1 Å². The highest BCUT2D eigenvalue weighted by atomic mass is 15.2. The summed E-state index contributed by atoms with van der Waals surface area (Å²) >= 11 is 0. The van der Waals surface area contributed by atoms with E-state index in [0.29, 0.717) is 0 Å². The predicted molar refractivity (Wildman–Crippen MR) is 240 cm³/mol. The predicted octanol–water partition coefficient (Wildman–Crippen LogP) is 15.8. The van der Waals surface area contributed by atoms with E-state index in [2.05, 4.69) is 4.90 Å². The Bertz CT molecular complexity index is 1240. The lowest BCUT2D eigenvalue weighted by Crippen LogP contribution is -2.52. The standard InChI is InChI=1S/C56H93N/c1-3-11-38(12-4-1)39-23-28-50(29-24-39)57(49-16-5-2-6-17-49)51-30-25-40(26-31-51)45-27-32-53-48(35-45)37-55-52-18-10-9-15-46(52)36-54(56(53)55)42-21-19-41(20-22-42)47-33-43-13-7-8-14-44(43)34-47/h38-56H,1-37H2. The number of fused-ring (bicyclic) bond motifs is 6. The molecule has 11 fully saturated rings. The third-order valence-electron chi connectivity index (χ3n) is 22.9. The van der Waals surface area contributed by atoms with Gasteiger partial charge in [-0.3, -0.25) is 4.90 Å². The van der Waals surface area contributed by atoms with Crippen molar-refractivity contribution in [2.24, 2.45) is 94.7 Å². The lowest BCUT2D eigenvalue weighted by Gasteiger charge is -2.52. The molecule has 11 aliphatic rings. The van der Waals surface area contributed by atoms with Crippen molar-refractivity contribution in [1.29, 1.82) is 0 Å². The normalized spacial score (nSPS) is 50.2. The Morgan fingerprint density at radius 3 is 1.26 bits per heavy atom. The maximum absolute atomic E-state index is 3.30. The second-order valence-corrected chi connectivity index (χ2v) is 25.1. The summed E-state index contributed by atoms with van der Waals surface area (Å²) in [6.07, 6.45) is 58.8. The van der Waals surface area contributed by atoms with Crippen molar-refractivity contribution in [2.75, 3.05) is 0 Å². The maximum Gasteiger partial charge on any atom is 0.0101 e. The fourth-order valence-electron chi connectivity index (χ4n) is 20.4. The van der Waals surface area contributed by atoms with Gasteiger partial charge in [0.05, 0.1) is 0 Å². The van der Waals surface area contributed by atoms with Crippen LogP contribution in [0.15, 0.2) is 0 Å². The highest BCUT2D eigenvalue weighted by Crippen LogP contribution is 2.65. The van der Waals surface area contributed by atoms with E-state index in [-0.39, 0.29) is 0 Å². The smallest absolute Gasteiger partial charge is 0.0101 e. The molecule has 0 spiro atoms. The Morgan fingerprint density at radius 1 is 0.193 bits per heavy atom. The van der Waals surface area contributed by atoms with Gasteiger partial charge < -0.3 is 0 Å². The topological polar surface area (TPSA) is 3.24 Å². The van der Waals surface area contributed by atoms with Crippen molar-refractivity contribution in [3.8, 4) is 0 Å². The van der Waals surface area contributed by atoms with E-state index in [0.717, 1.165) is 113 Å². The van der Waals surface area contributed by atoms with Gasteiger partial charge in [-0.25, -0.2) is 0 Å². The molecule has 322 valence electrons. The number of hydrogen-bond acceptors (Lipinski definition) is 1. The van der Waals surface area contributed by atoms with Gasteiger partial charge in [-0.1, -0.05) is 96.3 Å². The van der Waals surface area contributed by atoms with Gasteiger partial charge in [0.15, 0.2) is 0 Å².